The van der Waals surface area contributed by atoms with Crippen molar-refractivity contribution in [2.45, 2.75) is 25.6 Å². The van der Waals surface area contributed by atoms with Crippen molar-refractivity contribution in [3.63, 3.8) is 0 Å². The van der Waals surface area contributed by atoms with Crippen LogP contribution < -0.4 is 5.32 Å². The predicted molar refractivity (Wildman–Crippen MR) is 67.7 cm³/mol. The summed E-state index contributed by atoms with van der Waals surface area (Å²) in [6, 6.07) is -0.547. The number of hydrogen-bond acceptors (Lipinski definition) is 5. The number of aliphatic hydroxyl groups excluding tert-OH is 1. The third-order valence-electron chi connectivity index (χ3n) is 3.27. The third kappa shape index (κ3) is 3.07. The summed E-state index contributed by atoms with van der Waals surface area (Å²) < 4.78 is 5.61. The summed E-state index contributed by atoms with van der Waals surface area (Å²) in [5.74, 6) is -0.736. The van der Waals surface area contributed by atoms with E-state index in [1.165, 1.54) is 4.90 Å². The average Bonchev–Trinajstić information content (AvgIpc) is 2.68. The van der Waals surface area contributed by atoms with Crippen LogP contribution in [0.4, 0.5) is 4.79 Å². The molecule has 0 aromatic heterocycles. The standard InChI is InChI=1S/C12H19N3O5/c1-12(2)7-14(4-8(6-16)20-12)10(18)5-15-9(17)3-13-11(15)19/h8,16H,3-7H2,1-2H3,(H,13,19). The zero-order valence-electron chi connectivity index (χ0n) is 11.6. The van der Waals surface area contributed by atoms with Gasteiger partial charge in [0.1, 0.15) is 6.54 Å². The van der Waals surface area contributed by atoms with Crippen LogP contribution in [0.15, 0.2) is 0 Å². The molecule has 2 saturated heterocycles. The summed E-state index contributed by atoms with van der Waals surface area (Å²) in [4.78, 5) is 37.5. The Bertz CT molecular complexity index is 421. The highest BCUT2D eigenvalue weighted by atomic mass is 16.5. The van der Waals surface area contributed by atoms with Gasteiger partial charge in [-0.2, -0.15) is 0 Å². The largest absolute Gasteiger partial charge is 0.394 e. The number of urea groups is 1. The molecule has 0 spiro atoms. The van der Waals surface area contributed by atoms with Crippen molar-refractivity contribution in [3.8, 4) is 0 Å². The number of amides is 4. The number of morpholine rings is 1. The molecule has 2 fully saturated rings. The first kappa shape index (κ1) is 14.7. The van der Waals surface area contributed by atoms with Crippen LogP contribution in [-0.4, -0.2) is 77.2 Å². The molecule has 1 atom stereocenters. The Balaban J connectivity index is 2.01. The van der Waals surface area contributed by atoms with Gasteiger partial charge in [0, 0.05) is 13.1 Å². The number of carbonyl (C=O) groups excluding carboxylic acids is 3. The molecule has 4 amide bonds. The quantitative estimate of drug-likeness (QED) is 0.617. The lowest BCUT2D eigenvalue weighted by Gasteiger charge is -2.42. The highest BCUT2D eigenvalue weighted by Crippen LogP contribution is 2.21. The minimum atomic E-state index is -0.571. The maximum atomic E-state index is 12.2. The van der Waals surface area contributed by atoms with Gasteiger partial charge in [0.2, 0.25) is 5.91 Å². The molecule has 0 aliphatic carbocycles. The number of rotatable bonds is 3. The van der Waals surface area contributed by atoms with Gasteiger partial charge in [0.15, 0.2) is 0 Å². The molecule has 1 unspecified atom stereocenters. The van der Waals surface area contributed by atoms with Gasteiger partial charge in [-0.3, -0.25) is 14.5 Å². The Hall–Kier alpha value is -1.67. The number of aliphatic hydroxyl groups is 1. The van der Waals surface area contributed by atoms with E-state index in [1.807, 2.05) is 13.8 Å². The number of carbonyl (C=O) groups is 3. The van der Waals surface area contributed by atoms with Gasteiger partial charge in [0.05, 0.1) is 24.9 Å². The molecule has 0 saturated carbocycles. The third-order valence-corrected chi connectivity index (χ3v) is 3.27. The molecule has 2 rings (SSSR count). The lowest BCUT2D eigenvalue weighted by atomic mass is 10.1. The van der Waals surface area contributed by atoms with E-state index in [2.05, 4.69) is 5.32 Å². The van der Waals surface area contributed by atoms with Gasteiger partial charge in [-0.25, -0.2) is 4.79 Å². The Morgan fingerprint density at radius 1 is 1.50 bits per heavy atom. The van der Waals surface area contributed by atoms with Gasteiger partial charge in [0.25, 0.3) is 5.91 Å². The van der Waals surface area contributed by atoms with Gasteiger partial charge >= 0.3 is 6.03 Å². The molecule has 0 aromatic carbocycles. The Kier molecular flexibility index (Phi) is 3.96. The van der Waals surface area contributed by atoms with Crippen LogP contribution in [0.2, 0.25) is 0 Å². The van der Waals surface area contributed by atoms with E-state index in [4.69, 9.17) is 4.74 Å². The minimum Gasteiger partial charge on any atom is -0.394 e. The normalized spacial score (nSPS) is 25.9. The van der Waals surface area contributed by atoms with Crippen LogP contribution in [0.1, 0.15) is 13.8 Å². The highest BCUT2D eigenvalue weighted by molar-refractivity contribution is 6.04. The molecular formula is C12H19N3O5. The Morgan fingerprint density at radius 2 is 2.20 bits per heavy atom. The second-order valence-corrected chi connectivity index (χ2v) is 5.59. The van der Waals surface area contributed by atoms with E-state index < -0.39 is 23.6 Å². The van der Waals surface area contributed by atoms with Crippen molar-refractivity contribution < 1.29 is 24.2 Å². The van der Waals surface area contributed by atoms with E-state index in [-0.39, 0.29) is 32.1 Å². The molecule has 112 valence electrons. The Morgan fingerprint density at radius 3 is 2.75 bits per heavy atom. The van der Waals surface area contributed by atoms with Crippen LogP contribution in [0.25, 0.3) is 0 Å². The molecule has 8 heteroatoms. The molecule has 0 aromatic rings. The zero-order chi connectivity index (χ0) is 14.9. The van der Waals surface area contributed by atoms with Crippen molar-refractivity contribution >= 4 is 17.8 Å². The molecule has 8 nitrogen and oxygen atoms in total. The first-order valence-electron chi connectivity index (χ1n) is 6.47. The average molecular weight is 285 g/mol. The molecule has 20 heavy (non-hydrogen) atoms. The summed E-state index contributed by atoms with van der Waals surface area (Å²) in [5, 5.41) is 11.6. The van der Waals surface area contributed by atoms with Gasteiger partial charge in [-0.05, 0) is 13.8 Å². The first-order valence-corrected chi connectivity index (χ1v) is 6.47. The van der Waals surface area contributed by atoms with Crippen molar-refractivity contribution in [2.75, 3.05) is 32.8 Å². The van der Waals surface area contributed by atoms with E-state index in [0.717, 1.165) is 4.90 Å². The van der Waals surface area contributed by atoms with Crippen LogP contribution in [0.3, 0.4) is 0 Å². The first-order chi connectivity index (χ1) is 9.32. The molecule has 0 bridgehead atoms. The smallest absolute Gasteiger partial charge is 0.325 e. The van der Waals surface area contributed by atoms with Crippen LogP contribution >= 0.6 is 0 Å². The lowest BCUT2D eigenvalue weighted by molar-refractivity contribution is -0.167. The van der Waals surface area contributed by atoms with Crippen LogP contribution in [0.5, 0.6) is 0 Å². The zero-order valence-corrected chi connectivity index (χ0v) is 11.6. The summed E-state index contributed by atoms with van der Waals surface area (Å²) in [6.45, 7) is 3.72. The maximum absolute atomic E-state index is 12.2. The molecule has 0 radical (unpaired) electrons. The monoisotopic (exact) mass is 285 g/mol. The number of hydrogen-bond donors (Lipinski definition) is 2. The van der Waals surface area contributed by atoms with Gasteiger partial charge in [-0.15, -0.1) is 0 Å². The van der Waals surface area contributed by atoms with E-state index in [1.54, 1.807) is 0 Å². The number of nitrogens with zero attached hydrogens (tertiary/aromatic N) is 2. The SMILES string of the molecule is CC1(C)CN(C(=O)CN2C(=O)CNC2=O)CC(CO)O1. The second-order valence-electron chi connectivity index (χ2n) is 5.59. The number of ether oxygens (including phenoxy) is 1. The van der Waals surface area contributed by atoms with Crippen LogP contribution in [0, 0.1) is 0 Å². The number of nitrogens with one attached hydrogen (secondary N) is 1. The van der Waals surface area contributed by atoms with E-state index in [9.17, 15) is 19.5 Å². The minimum absolute atomic E-state index is 0.0695. The lowest BCUT2D eigenvalue weighted by Crippen LogP contribution is -2.57. The fourth-order valence-corrected chi connectivity index (χ4v) is 2.43. The fraction of sp³-hybridized carbons (Fsp3) is 0.750. The molecule has 2 N–H and O–H groups in total. The molecular weight excluding hydrogens is 266 g/mol. The van der Waals surface area contributed by atoms with Crippen molar-refractivity contribution in [1.29, 1.82) is 0 Å². The van der Waals surface area contributed by atoms with Gasteiger partial charge in [-0.1, -0.05) is 0 Å². The summed E-state index contributed by atoms with van der Waals surface area (Å²) >= 11 is 0. The van der Waals surface area contributed by atoms with Crippen molar-refractivity contribution in [2.24, 2.45) is 0 Å². The topological polar surface area (TPSA) is 99.2 Å². The maximum Gasteiger partial charge on any atom is 0.325 e. The molecule has 2 heterocycles. The van der Waals surface area contributed by atoms with Crippen molar-refractivity contribution in [3.05, 3.63) is 0 Å². The molecule has 2 aliphatic rings. The fourth-order valence-electron chi connectivity index (χ4n) is 2.43. The highest BCUT2D eigenvalue weighted by Gasteiger charge is 2.37. The number of imide groups is 1. The summed E-state index contributed by atoms with van der Waals surface area (Å²) in [6.07, 6.45) is -0.453. The predicted octanol–water partition coefficient (Wildman–Crippen LogP) is -1.46. The molecule has 2 aliphatic heterocycles. The van der Waals surface area contributed by atoms with E-state index in [0.29, 0.717) is 6.54 Å². The Labute approximate surface area is 116 Å². The second kappa shape index (κ2) is 5.37. The summed E-state index contributed by atoms with van der Waals surface area (Å²) in [5.41, 5.74) is -0.571. The van der Waals surface area contributed by atoms with Crippen LogP contribution in [-0.2, 0) is 14.3 Å². The summed E-state index contributed by atoms with van der Waals surface area (Å²) in [7, 11) is 0. The van der Waals surface area contributed by atoms with Gasteiger partial charge < -0.3 is 20.1 Å². The van der Waals surface area contributed by atoms with E-state index >= 15 is 0 Å². The van der Waals surface area contributed by atoms with Crippen molar-refractivity contribution in [1.82, 2.24) is 15.1 Å².